The zero-order valence-corrected chi connectivity index (χ0v) is 13.8. The van der Waals surface area contributed by atoms with Crippen molar-refractivity contribution in [1.29, 1.82) is 5.41 Å². The van der Waals surface area contributed by atoms with Gasteiger partial charge in [0, 0.05) is 37.2 Å². The minimum absolute atomic E-state index is 0.0370. The number of anilines is 1. The normalized spacial score (nSPS) is 10.5. The van der Waals surface area contributed by atoms with E-state index in [2.05, 4.69) is 9.97 Å². The summed E-state index contributed by atoms with van der Waals surface area (Å²) in [5.41, 5.74) is 0.925. The molecule has 0 bridgehead atoms. The Labute approximate surface area is 136 Å². The molecule has 0 saturated carbocycles. The second-order valence-corrected chi connectivity index (χ2v) is 6.40. The molecular weight excluding hydrogens is 323 g/mol. The lowest BCUT2D eigenvalue weighted by atomic mass is 10.3. The van der Waals surface area contributed by atoms with Crippen molar-refractivity contribution in [3.63, 3.8) is 0 Å². The maximum Gasteiger partial charge on any atom is 0.228 e. The summed E-state index contributed by atoms with van der Waals surface area (Å²) >= 11 is 2.85. The van der Waals surface area contributed by atoms with Gasteiger partial charge in [0.25, 0.3) is 0 Å². The first-order valence-electron chi connectivity index (χ1n) is 6.44. The molecule has 0 aliphatic heterocycles. The first-order valence-corrected chi connectivity index (χ1v) is 8.65. The number of halogens is 1. The Morgan fingerprint density at radius 1 is 1.55 bits per heavy atom. The quantitative estimate of drug-likeness (QED) is 0.822. The number of hydrogen-bond donors (Lipinski definition) is 1. The second-order valence-electron chi connectivity index (χ2n) is 4.44. The standard InChI is InChI=1S/C14H15FN4OS2/c1-19(12(20)3-4-21-2)14-11(6-16)18-13(22-14)9-5-10(15)8-17-7-9/h5-8,16H,3-4H2,1-2H3. The molecule has 5 nitrogen and oxygen atoms in total. The van der Waals surface area contributed by atoms with Crippen LogP contribution in [-0.4, -0.2) is 41.1 Å². The van der Waals surface area contributed by atoms with E-state index in [1.54, 1.807) is 18.8 Å². The van der Waals surface area contributed by atoms with E-state index in [0.717, 1.165) is 18.2 Å². The lowest BCUT2D eigenvalue weighted by Gasteiger charge is -2.15. The lowest BCUT2D eigenvalue weighted by Crippen LogP contribution is -2.26. The van der Waals surface area contributed by atoms with Crippen LogP contribution in [0.4, 0.5) is 9.39 Å². The predicted molar refractivity (Wildman–Crippen MR) is 89.6 cm³/mol. The summed E-state index contributed by atoms with van der Waals surface area (Å²) in [5.74, 6) is 0.253. The van der Waals surface area contributed by atoms with E-state index in [9.17, 15) is 9.18 Å². The first kappa shape index (κ1) is 16.6. The number of nitrogens with zero attached hydrogens (tertiary/aromatic N) is 3. The number of aromatic nitrogens is 2. The summed E-state index contributed by atoms with van der Waals surface area (Å²) < 4.78 is 13.3. The third-order valence-corrected chi connectivity index (χ3v) is 4.73. The van der Waals surface area contributed by atoms with Gasteiger partial charge in [-0.3, -0.25) is 9.78 Å². The fourth-order valence-corrected chi connectivity index (χ4v) is 3.16. The van der Waals surface area contributed by atoms with Crippen LogP contribution in [-0.2, 0) is 4.79 Å². The second kappa shape index (κ2) is 7.46. The fraction of sp³-hybridized carbons (Fsp3) is 0.286. The van der Waals surface area contributed by atoms with Crippen LogP contribution in [0.2, 0.25) is 0 Å². The number of nitrogens with one attached hydrogen (secondary N) is 1. The largest absolute Gasteiger partial charge is 0.306 e. The minimum atomic E-state index is -0.449. The van der Waals surface area contributed by atoms with Crippen LogP contribution < -0.4 is 4.90 Å². The molecule has 0 aromatic carbocycles. The Kier molecular flexibility index (Phi) is 5.62. The van der Waals surface area contributed by atoms with Crippen molar-refractivity contribution in [2.24, 2.45) is 0 Å². The Bertz CT molecular complexity index is 689. The van der Waals surface area contributed by atoms with Crippen molar-refractivity contribution in [3.8, 4) is 10.6 Å². The highest BCUT2D eigenvalue weighted by atomic mass is 32.2. The van der Waals surface area contributed by atoms with Crippen LogP contribution in [0.3, 0.4) is 0 Å². The minimum Gasteiger partial charge on any atom is -0.306 e. The molecule has 2 rings (SSSR count). The van der Waals surface area contributed by atoms with E-state index in [1.807, 2.05) is 6.26 Å². The Balaban J connectivity index is 2.33. The molecule has 22 heavy (non-hydrogen) atoms. The van der Waals surface area contributed by atoms with Gasteiger partial charge in [0.2, 0.25) is 5.91 Å². The molecule has 0 spiro atoms. The zero-order valence-electron chi connectivity index (χ0n) is 12.2. The van der Waals surface area contributed by atoms with Crippen molar-refractivity contribution < 1.29 is 9.18 Å². The molecule has 1 N–H and O–H groups in total. The molecular formula is C14H15FN4OS2. The van der Waals surface area contributed by atoms with Gasteiger partial charge in [-0.25, -0.2) is 9.37 Å². The van der Waals surface area contributed by atoms with Gasteiger partial charge in [0.1, 0.15) is 21.5 Å². The van der Waals surface area contributed by atoms with Gasteiger partial charge in [-0.15, -0.1) is 0 Å². The van der Waals surface area contributed by atoms with Crippen LogP contribution in [0, 0.1) is 11.2 Å². The zero-order chi connectivity index (χ0) is 16.1. The number of carbonyl (C=O) groups is 1. The van der Waals surface area contributed by atoms with Crippen molar-refractivity contribution in [3.05, 3.63) is 30.0 Å². The monoisotopic (exact) mass is 338 g/mol. The smallest absolute Gasteiger partial charge is 0.228 e. The molecule has 116 valence electrons. The summed E-state index contributed by atoms with van der Waals surface area (Å²) in [4.78, 5) is 21.7. The Hall–Kier alpha value is -1.80. The van der Waals surface area contributed by atoms with Gasteiger partial charge < -0.3 is 10.3 Å². The van der Waals surface area contributed by atoms with Crippen LogP contribution in [0.25, 0.3) is 10.6 Å². The van der Waals surface area contributed by atoms with Crippen LogP contribution in [0.15, 0.2) is 18.5 Å². The van der Waals surface area contributed by atoms with E-state index >= 15 is 0 Å². The van der Waals surface area contributed by atoms with E-state index in [0.29, 0.717) is 27.7 Å². The van der Waals surface area contributed by atoms with E-state index in [1.165, 1.54) is 28.5 Å². The molecule has 1 amide bonds. The summed E-state index contributed by atoms with van der Waals surface area (Å²) in [6.45, 7) is 0. The van der Waals surface area contributed by atoms with Gasteiger partial charge >= 0.3 is 0 Å². The predicted octanol–water partition coefficient (Wildman–Crippen LogP) is 3.06. The van der Waals surface area contributed by atoms with Gasteiger partial charge in [-0.05, 0) is 12.3 Å². The van der Waals surface area contributed by atoms with Crippen LogP contribution in [0.1, 0.15) is 12.1 Å². The van der Waals surface area contributed by atoms with Gasteiger partial charge in [0.15, 0.2) is 0 Å². The third kappa shape index (κ3) is 3.69. The Morgan fingerprint density at radius 3 is 2.95 bits per heavy atom. The molecule has 0 unspecified atom stereocenters. The summed E-state index contributed by atoms with van der Waals surface area (Å²) in [6.07, 6.45) is 6.09. The molecule has 2 heterocycles. The van der Waals surface area contributed by atoms with E-state index < -0.39 is 5.82 Å². The highest BCUT2D eigenvalue weighted by Gasteiger charge is 2.19. The first-order chi connectivity index (χ1) is 10.6. The lowest BCUT2D eigenvalue weighted by molar-refractivity contribution is -0.117. The molecule has 2 aromatic rings. The number of carbonyl (C=O) groups excluding carboxylic acids is 1. The van der Waals surface area contributed by atoms with Crippen LogP contribution >= 0.6 is 23.1 Å². The number of thiazole rings is 1. The molecule has 0 radical (unpaired) electrons. The Morgan fingerprint density at radius 2 is 2.32 bits per heavy atom. The van der Waals surface area contributed by atoms with Crippen LogP contribution in [0.5, 0.6) is 0 Å². The molecule has 0 saturated heterocycles. The SMILES string of the molecule is CSCCC(=O)N(C)c1sc(-c2cncc(F)c2)nc1C=N. The topological polar surface area (TPSA) is 69.9 Å². The number of rotatable bonds is 6. The molecule has 8 heteroatoms. The average Bonchev–Trinajstić information content (AvgIpc) is 2.96. The molecule has 2 aromatic heterocycles. The third-order valence-electron chi connectivity index (χ3n) is 2.92. The average molecular weight is 338 g/mol. The molecule has 0 atom stereocenters. The number of pyridine rings is 1. The van der Waals surface area contributed by atoms with Crippen molar-refractivity contribution in [1.82, 2.24) is 9.97 Å². The highest BCUT2D eigenvalue weighted by molar-refractivity contribution is 7.98. The highest BCUT2D eigenvalue weighted by Crippen LogP contribution is 2.33. The molecule has 0 aliphatic carbocycles. The summed E-state index contributed by atoms with van der Waals surface area (Å²) in [5, 5.41) is 8.58. The summed E-state index contributed by atoms with van der Waals surface area (Å²) in [7, 11) is 1.66. The maximum absolute atomic E-state index is 13.3. The molecule has 0 aliphatic rings. The van der Waals surface area contributed by atoms with Crippen molar-refractivity contribution in [2.75, 3.05) is 24.0 Å². The fourth-order valence-electron chi connectivity index (χ4n) is 1.78. The van der Waals surface area contributed by atoms with Crippen molar-refractivity contribution >= 4 is 40.2 Å². The number of hydrogen-bond acceptors (Lipinski definition) is 6. The van der Waals surface area contributed by atoms with Gasteiger partial charge in [-0.2, -0.15) is 11.8 Å². The maximum atomic E-state index is 13.3. The molecule has 0 fully saturated rings. The number of thioether (sulfide) groups is 1. The number of amides is 1. The van der Waals surface area contributed by atoms with Gasteiger partial charge in [0.05, 0.1) is 6.20 Å². The van der Waals surface area contributed by atoms with E-state index in [4.69, 9.17) is 5.41 Å². The summed E-state index contributed by atoms with van der Waals surface area (Å²) in [6, 6.07) is 1.33. The van der Waals surface area contributed by atoms with Crippen molar-refractivity contribution in [2.45, 2.75) is 6.42 Å². The van der Waals surface area contributed by atoms with E-state index in [-0.39, 0.29) is 5.91 Å². The van der Waals surface area contributed by atoms with Gasteiger partial charge in [-0.1, -0.05) is 11.3 Å².